The van der Waals surface area contributed by atoms with Crippen LogP contribution in [0.15, 0.2) is 0 Å². The maximum absolute atomic E-state index is 13.3. The Bertz CT molecular complexity index is 161. The normalized spacial score (nSPS) is 39.5. The van der Waals surface area contributed by atoms with Gasteiger partial charge >= 0.3 is 0 Å². The van der Waals surface area contributed by atoms with Crippen molar-refractivity contribution < 1.29 is 9.13 Å². The number of hydrogen-bond acceptors (Lipinski definition) is 2. The molecule has 2 aliphatic rings. The van der Waals surface area contributed by atoms with Crippen LogP contribution in [0.2, 0.25) is 0 Å². The van der Waals surface area contributed by atoms with Crippen LogP contribution in [-0.4, -0.2) is 43.4 Å². The van der Waals surface area contributed by atoms with Crippen molar-refractivity contribution in [3.05, 3.63) is 0 Å². The van der Waals surface area contributed by atoms with E-state index in [-0.39, 0.29) is 5.92 Å². The third-order valence-electron chi connectivity index (χ3n) is 3.03. The fourth-order valence-corrected chi connectivity index (χ4v) is 1.81. The van der Waals surface area contributed by atoms with Gasteiger partial charge in [0.1, 0.15) is 6.17 Å². The number of likely N-dealkylation sites (tertiary alicyclic amines) is 1. The van der Waals surface area contributed by atoms with Crippen LogP contribution in [-0.2, 0) is 4.74 Å². The van der Waals surface area contributed by atoms with Crippen LogP contribution in [0.3, 0.4) is 0 Å². The van der Waals surface area contributed by atoms with Gasteiger partial charge < -0.3 is 4.74 Å². The first kappa shape index (κ1) is 8.45. The van der Waals surface area contributed by atoms with E-state index in [0.717, 1.165) is 26.2 Å². The first-order valence-corrected chi connectivity index (χ1v) is 4.73. The minimum Gasteiger partial charge on any atom is -0.378 e. The van der Waals surface area contributed by atoms with Crippen molar-refractivity contribution in [3.8, 4) is 0 Å². The Morgan fingerprint density at radius 1 is 1.42 bits per heavy atom. The maximum atomic E-state index is 13.3. The molecular weight excluding hydrogens is 157 g/mol. The van der Waals surface area contributed by atoms with Gasteiger partial charge in [0, 0.05) is 6.54 Å². The van der Waals surface area contributed by atoms with E-state index < -0.39 is 6.17 Å². The maximum Gasteiger partial charge on any atom is 0.115 e. The highest BCUT2D eigenvalue weighted by molar-refractivity contribution is 4.85. The molecule has 2 heterocycles. The van der Waals surface area contributed by atoms with Crippen molar-refractivity contribution in [2.45, 2.75) is 25.6 Å². The fourth-order valence-electron chi connectivity index (χ4n) is 1.81. The lowest BCUT2D eigenvalue weighted by atomic mass is 9.96. The van der Waals surface area contributed by atoms with Crippen molar-refractivity contribution in [2.24, 2.45) is 5.92 Å². The van der Waals surface area contributed by atoms with Crippen LogP contribution >= 0.6 is 0 Å². The summed E-state index contributed by atoms with van der Waals surface area (Å²) >= 11 is 0. The van der Waals surface area contributed by atoms with Gasteiger partial charge in [0.15, 0.2) is 0 Å². The third kappa shape index (κ3) is 1.48. The molecule has 2 fully saturated rings. The van der Waals surface area contributed by atoms with E-state index in [9.17, 15) is 4.39 Å². The first-order chi connectivity index (χ1) is 5.77. The number of rotatable bonds is 1. The van der Waals surface area contributed by atoms with Crippen molar-refractivity contribution in [1.82, 2.24) is 4.90 Å². The summed E-state index contributed by atoms with van der Waals surface area (Å²) in [5, 5.41) is 0. The van der Waals surface area contributed by atoms with Gasteiger partial charge in [-0.15, -0.1) is 0 Å². The van der Waals surface area contributed by atoms with Crippen molar-refractivity contribution in [3.63, 3.8) is 0 Å². The van der Waals surface area contributed by atoms with E-state index in [1.165, 1.54) is 0 Å². The zero-order chi connectivity index (χ0) is 8.55. The Hall–Kier alpha value is -0.150. The molecule has 0 aliphatic carbocycles. The lowest BCUT2D eigenvalue weighted by Gasteiger charge is -2.42. The molecule has 0 unspecified atom stereocenters. The van der Waals surface area contributed by atoms with Gasteiger partial charge in [0.25, 0.3) is 0 Å². The Kier molecular flexibility index (Phi) is 2.33. The van der Waals surface area contributed by atoms with Crippen LogP contribution in [0.25, 0.3) is 0 Å². The van der Waals surface area contributed by atoms with E-state index >= 15 is 0 Å². The van der Waals surface area contributed by atoms with Gasteiger partial charge in [-0.3, -0.25) is 4.90 Å². The second-order valence-electron chi connectivity index (χ2n) is 3.97. The molecule has 70 valence electrons. The molecule has 12 heavy (non-hydrogen) atoms. The van der Waals surface area contributed by atoms with Gasteiger partial charge in [-0.25, -0.2) is 4.39 Å². The number of halogens is 1. The summed E-state index contributed by atoms with van der Waals surface area (Å²) in [7, 11) is 0. The predicted molar refractivity (Wildman–Crippen MR) is 44.9 cm³/mol. The van der Waals surface area contributed by atoms with Gasteiger partial charge in [-0.1, -0.05) is 6.92 Å². The molecule has 0 bridgehead atoms. The monoisotopic (exact) mass is 173 g/mol. The van der Waals surface area contributed by atoms with Crippen LogP contribution in [0.1, 0.15) is 13.3 Å². The van der Waals surface area contributed by atoms with E-state index in [1.807, 2.05) is 6.92 Å². The highest BCUT2D eigenvalue weighted by atomic mass is 19.1. The van der Waals surface area contributed by atoms with Crippen molar-refractivity contribution in [1.29, 1.82) is 0 Å². The number of ether oxygens (including phenoxy) is 1. The minimum absolute atomic E-state index is 0.252. The van der Waals surface area contributed by atoms with Gasteiger partial charge in [0.05, 0.1) is 19.3 Å². The molecule has 2 aliphatic heterocycles. The molecule has 2 nitrogen and oxygen atoms in total. The second-order valence-corrected chi connectivity index (χ2v) is 3.97. The summed E-state index contributed by atoms with van der Waals surface area (Å²) < 4.78 is 18.4. The number of nitrogens with zero attached hydrogens (tertiary/aromatic N) is 1. The average molecular weight is 173 g/mol. The Labute approximate surface area is 72.7 Å². The van der Waals surface area contributed by atoms with Crippen LogP contribution in [0, 0.1) is 5.92 Å². The smallest absolute Gasteiger partial charge is 0.115 e. The predicted octanol–water partition coefficient (Wildman–Crippen LogP) is 1.07. The molecule has 0 spiro atoms. The molecule has 0 amide bonds. The van der Waals surface area contributed by atoms with E-state index in [0.29, 0.717) is 12.6 Å². The van der Waals surface area contributed by atoms with Gasteiger partial charge in [-0.05, 0) is 18.9 Å². The average Bonchev–Trinajstić information content (AvgIpc) is 1.93. The molecule has 2 rings (SSSR count). The number of piperidine rings is 1. The molecule has 0 radical (unpaired) electrons. The third-order valence-corrected chi connectivity index (χ3v) is 3.03. The topological polar surface area (TPSA) is 12.5 Å². The van der Waals surface area contributed by atoms with Crippen LogP contribution in [0.4, 0.5) is 4.39 Å². The fraction of sp³-hybridized carbons (Fsp3) is 1.00. The number of hydrogen-bond donors (Lipinski definition) is 0. The lowest BCUT2D eigenvalue weighted by Crippen LogP contribution is -2.54. The SMILES string of the molecule is C[C@@H]1CCN(C2COC2)C[C@@H]1F. The van der Waals surface area contributed by atoms with Crippen LogP contribution in [0.5, 0.6) is 0 Å². The summed E-state index contributed by atoms with van der Waals surface area (Å²) in [6, 6.07) is 0.510. The molecule has 2 saturated heterocycles. The summed E-state index contributed by atoms with van der Waals surface area (Å²) in [5.41, 5.74) is 0. The Morgan fingerprint density at radius 3 is 2.67 bits per heavy atom. The summed E-state index contributed by atoms with van der Waals surface area (Å²) in [4.78, 5) is 2.23. The zero-order valence-electron chi connectivity index (χ0n) is 7.50. The molecule has 0 aromatic rings. The highest BCUT2D eigenvalue weighted by Crippen LogP contribution is 2.23. The summed E-state index contributed by atoms with van der Waals surface area (Å²) in [5.74, 6) is 0.252. The first-order valence-electron chi connectivity index (χ1n) is 4.73. The molecule has 0 aromatic heterocycles. The van der Waals surface area contributed by atoms with Gasteiger partial charge in [-0.2, -0.15) is 0 Å². The van der Waals surface area contributed by atoms with Crippen molar-refractivity contribution >= 4 is 0 Å². The quantitative estimate of drug-likeness (QED) is 0.588. The summed E-state index contributed by atoms with van der Waals surface area (Å²) in [6.45, 7) is 5.28. The summed E-state index contributed by atoms with van der Waals surface area (Å²) in [6.07, 6.45) is 0.372. The number of alkyl halides is 1. The molecule has 0 N–H and O–H groups in total. The molecule has 2 atom stereocenters. The minimum atomic E-state index is -0.626. The highest BCUT2D eigenvalue weighted by Gasteiger charge is 2.33. The zero-order valence-corrected chi connectivity index (χ0v) is 7.50. The standard InChI is InChI=1S/C9H16FNO/c1-7-2-3-11(4-9(7)10)8-5-12-6-8/h7-9H,2-6H2,1H3/t7-,9+/m1/s1. The molecule has 0 aromatic carbocycles. The van der Waals surface area contributed by atoms with E-state index in [1.54, 1.807) is 0 Å². The Balaban J connectivity index is 1.84. The van der Waals surface area contributed by atoms with E-state index in [2.05, 4.69) is 4.90 Å². The van der Waals surface area contributed by atoms with Crippen LogP contribution < -0.4 is 0 Å². The van der Waals surface area contributed by atoms with Gasteiger partial charge in [0.2, 0.25) is 0 Å². The second kappa shape index (κ2) is 3.30. The largest absolute Gasteiger partial charge is 0.378 e. The van der Waals surface area contributed by atoms with Crippen molar-refractivity contribution in [2.75, 3.05) is 26.3 Å². The molecule has 0 saturated carbocycles. The molecular formula is C9H16FNO. The van der Waals surface area contributed by atoms with E-state index in [4.69, 9.17) is 4.74 Å². The molecule has 3 heteroatoms. The Morgan fingerprint density at radius 2 is 2.17 bits per heavy atom. The lowest BCUT2D eigenvalue weighted by molar-refractivity contribution is -0.0841.